The third-order valence-electron chi connectivity index (χ3n) is 3.08. The van der Waals surface area contributed by atoms with Gasteiger partial charge in [-0.1, -0.05) is 6.92 Å². The molecule has 0 fully saturated rings. The Labute approximate surface area is 136 Å². The van der Waals surface area contributed by atoms with E-state index in [1.165, 1.54) is 5.56 Å². The first-order valence-corrected chi connectivity index (χ1v) is 6.98. The summed E-state index contributed by atoms with van der Waals surface area (Å²) in [4.78, 5) is 24.3. The predicted octanol–water partition coefficient (Wildman–Crippen LogP) is -1.61. The lowest BCUT2D eigenvalue weighted by Crippen LogP contribution is -3.00. The van der Waals surface area contributed by atoms with Gasteiger partial charge in [0.25, 0.3) is 0 Å². The maximum absolute atomic E-state index is 12.1. The van der Waals surface area contributed by atoms with E-state index < -0.39 is 5.97 Å². The van der Waals surface area contributed by atoms with E-state index in [-0.39, 0.29) is 29.3 Å². The molecule has 0 aliphatic carbocycles. The van der Waals surface area contributed by atoms with Crippen LogP contribution in [-0.4, -0.2) is 35.0 Å². The zero-order chi connectivity index (χ0) is 15.0. The third-order valence-corrected chi connectivity index (χ3v) is 3.08. The summed E-state index contributed by atoms with van der Waals surface area (Å²) in [6, 6.07) is 4.00. The lowest BCUT2D eigenvalue weighted by Gasteiger charge is -2.20. The summed E-state index contributed by atoms with van der Waals surface area (Å²) in [5.74, 6) is -0.854. The molecule has 0 unspecified atom stereocenters. The largest absolute Gasteiger partial charge is 1.00 e. The van der Waals surface area contributed by atoms with Crippen LogP contribution in [0.2, 0.25) is 0 Å². The maximum atomic E-state index is 12.1. The van der Waals surface area contributed by atoms with E-state index >= 15 is 0 Å². The number of pyridine rings is 1. The Hall–Kier alpha value is -1.43. The van der Waals surface area contributed by atoms with Crippen LogP contribution in [0.4, 0.5) is 0 Å². The average molecular weight is 359 g/mol. The lowest BCUT2D eigenvalue weighted by molar-refractivity contribution is -0.696. The molecule has 0 aliphatic heterocycles. The number of rotatable bonds is 8. The number of carboxylic acids is 1. The molecule has 1 N–H and O–H groups in total. The molecule has 5 nitrogen and oxygen atoms in total. The highest BCUT2D eigenvalue weighted by Crippen LogP contribution is 1.99. The van der Waals surface area contributed by atoms with Gasteiger partial charge in [-0.25, -0.2) is 4.57 Å². The number of carbonyl (C=O) groups is 2. The van der Waals surface area contributed by atoms with Crippen molar-refractivity contribution in [2.24, 2.45) is 0 Å². The number of hydrogen-bond acceptors (Lipinski definition) is 2. The Morgan fingerprint density at radius 3 is 2.33 bits per heavy atom. The van der Waals surface area contributed by atoms with Crippen LogP contribution in [-0.2, 0) is 16.1 Å². The number of hydrogen-bond donors (Lipinski definition) is 1. The summed E-state index contributed by atoms with van der Waals surface area (Å²) >= 11 is 0. The number of carboxylic acid groups (broad SMARTS) is 1. The molecule has 0 radical (unpaired) electrons. The standard InChI is InChI=1S/C15H22N2O3.BrH/c1-3-8-17(12-7-15(19)20)14(18)6-11-16-9-4-13(2)5-10-16;/h4-5,9-10H,3,6-8,11-12H2,1-2H3;1H. The minimum absolute atomic E-state index is 0. The first-order valence-electron chi connectivity index (χ1n) is 6.98. The van der Waals surface area contributed by atoms with Gasteiger partial charge in [0.05, 0.1) is 12.8 Å². The summed E-state index contributed by atoms with van der Waals surface area (Å²) < 4.78 is 1.96. The van der Waals surface area contributed by atoms with Gasteiger partial charge in [-0.2, -0.15) is 0 Å². The van der Waals surface area contributed by atoms with Crippen LogP contribution in [0, 0.1) is 6.92 Å². The number of aryl methyl sites for hydroxylation is 2. The molecular formula is C15H23BrN2O3. The number of carbonyl (C=O) groups excluding carboxylic acids is 1. The monoisotopic (exact) mass is 358 g/mol. The second-order valence-electron chi connectivity index (χ2n) is 4.89. The molecule has 1 amide bonds. The topological polar surface area (TPSA) is 61.5 Å². The van der Waals surface area contributed by atoms with Gasteiger partial charge < -0.3 is 27.0 Å². The molecule has 0 atom stereocenters. The van der Waals surface area contributed by atoms with Crippen LogP contribution < -0.4 is 21.5 Å². The van der Waals surface area contributed by atoms with E-state index in [1.54, 1.807) is 4.90 Å². The van der Waals surface area contributed by atoms with Crippen LogP contribution >= 0.6 is 0 Å². The Balaban J connectivity index is 0.00000400. The highest BCUT2D eigenvalue weighted by molar-refractivity contribution is 5.76. The summed E-state index contributed by atoms with van der Waals surface area (Å²) in [5.41, 5.74) is 1.18. The van der Waals surface area contributed by atoms with Crippen LogP contribution in [0.3, 0.4) is 0 Å². The van der Waals surface area contributed by atoms with Crippen molar-refractivity contribution in [3.05, 3.63) is 30.1 Å². The van der Waals surface area contributed by atoms with Crippen molar-refractivity contribution in [2.45, 2.75) is 39.7 Å². The molecule has 0 saturated heterocycles. The van der Waals surface area contributed by atoms with Crippen LogP contribution in [0.5, 0.6) is 0 Å². The van der Waals surface area contributed by atoms with Crippen molar-refractivity contribution in [2.75, 3.05) is 13.1 Å². The number of halogens is 1. The van der Waals surface area contributed by atoms with Crippen LogP contribution in [0.15, 0.2) is 24.5 Å². The molecular weight excluding hydrogens is 336 g/mol. The van der Waals surface area contributed by atoms with Gasteiger partial charge in [-0.3, -0.25) is 9.59 Å². The van der Waals surface area contributed by atoms with E-state index in [1.807, 2.05) is 42.9 Å². The highest BCUT2D eigenvalue weighted by atomic mass is 79.9. The van der Waals surface area contributed by atoms with E-state index in [2.05, 4.69) is 0 Å². The fraction of sp³-hybridized carbons (Fsp3) is 0.533. The van der Waals surface area contributed by atoms with Crippen LogP contribution in [0.25, 0.3) is 0 Å². The number of aromatic nitrogens is 1. The third kappa shape index (κ3) is 7.80. The van der Waals surface area contributed by atoms with Crippen molar-refractivity contribution >= 4 is 11.9 Å². The van der Waals surface area contributed by atoms with Gasteiger partial charge in [0.1, 0.15) is 0 Å². The predicted molar refractivity (Wildman–Crippen MR) is 75.1 cm³/mol. The average Bonchev–Trinajstić information content (AvgIpc) is 2.42. The maximum Gasteiger partial charge on any atom is 0.305 e. The molecule has 1 aromatic rings. The fourth-order valence-electron chi connectivity index (χ4n) is 1.93. The SMILES string of the molecule is CCCN(CCC(=O)O)C(=O)CC[n+]1ccc(C)cc1.[Br-]. The molecule has 0 aliphatic rings. The Morgan fingerprint density at radius 2 is 1.81 bits per heavy atom. The summed E-state index contributed by atoms with van der Waals surface area (Å²) in [5, 5.41) is 8.70. The van der Waals surface area contributed by atoms with Gasteiger partial charge in [0, 0.05) is 25.2 Å². The molecule has 1 rings (SSSR count). The molecule has 0 saturated carbocycles. The van der Waals surface area contributed by atoms with E-state index in [0.717, 1.165) is 6.42 Å². The quantitative estimate of drug-likeness (QED) is 0.569. The smallest absolute Gasteiger partial charge is 0.305 e. The highest BCUT2D eigenvalue weighted by Gasteiger charge is 2.15. The number of aliphatic carboxylic acids is 1. The van der Waals surface area contributed by atoms with E-state index in [4.69, 9.17) is 5.11 Å². The van der Waals surface area contributed by atoms with E-state index in [0.29, 0.717) is 26.1 Å². The number of amides is 1. The van der Waals surface area contributed by atoms with Gasteiger partial charge in [0.15, 0.2) is 18.9 Å². The van der Waals surface area contributed by atoms with Crippen molar-refractivity contribution in [3.63, 3.8) is 0 Å². The summed E-state index contributed by atoms with van der Waals surface area (Å²) in [6.45, 7) is 5.53. The number of nitrogens with zero attached hydrogens (tertiary/aromatic N) is 2. The molecule has 0 spiro atoms. The van der Waals surface area contributed by atoms with Crippen molar-refractivity contribution in [1.29, 1.82) is 0 Å². The lowest BCUT2D eigenvalue weighted by atomic mass is 10.2. The molecule has 6 heteroatoms. The molecule has 0 aromatic carbocycles. The first-order chi connectivity index (χ1) is 9.52. The molecule has 21 heavy (non-hydrogen) atoms. The minimum Gasteiger partial charge on any atom is -1.00 e. The van der Waals surface area contributed by atoms with Crippen molar-refractivity contribution in [1.82, 2.24) is 4.90 Å². The first kappa shape index (κ1) is 19.6. The Morgan fingerprint density at radius 1 is 1.19 bits per heavy atom. The molecule has 118 valence electrons. The van der Waals surface area contributed by atoms with E-state index in [9.17, 15) is 9.59 Å². The van der Waals surface area contributed by atoms with Gasteiger partial charge >= 0.3 is 5.97 Å². The van der Waals surface area contributed by atoms with Gasteiger partial charge in [-0.05, 0) is 18.9 Å². The molecule has 0 bridgehead atoms. The summed E-state index contributed by atoms with van der Waals surface area (Å²) in [6.07, 6.45) is 5.13. The van der Waals surface area contributed by atoms with Gasteiger partial charge in [-0.15, -0.1) is 0 Å². The minimum atomic E-state index is -0.869. The van der Waals surface area contributed by atoms with Crippen molar-refractivity contribution < 1.29 is 36.2 Å². The fourth-order valence-corrected chi connectivity index (χ4v) is 1.93. The zero-order valence-corrected chi connectivity index (χ0v) is 14.2. The van der Waals surface area contributed by atoms with Gasteiger partial charge in [0.2, 0.25) is 5.91 Å². The molecule has 1 aromatic heterocycles. The van der Waals surface area contributed by atoms with Crippen LogP contribution in [0.1, 0.15) is 31.7 Å². The normalized spacial score (nSPS) is 9.81. The molecule has 1 heterocycles. The second kappa shape index (κ2) is 10.3. The summed E-state index contributed by atoms with van der Waals surface area (Å²) in [7, 11) is 0. The zero-order valence-electron chi connectivity index (χ0n) is 12.6. The Bertz CT molecular complexity index is 449. The van der Waals surface area contributed by atoms with Crippen molar-refractivity contribution in [3.8, 4) is 0 Å². The Kier molecular flexibility index (Phi) is 9.62. The second-order valence-corrected chi connectivity index (χ2v) is 4.89.